The fraction of sp³-hybridized carbons (Fsp3) is 0.0476. The van der Waals surface area contributed by atoms with Crippen LogP contribution in [-0.4, -0.2) is 17.0 Å². The van der Waals surface area contributed by atoms with Crippen LogP contribution >= 0.6 is 0 Å². The maximum absolute atomic E-state index is 13.5. The lowest BCUT2D eigenvalue weighted by molar-refractivity contribution is -0.143. The highest BCUT2D eigenvalue weighted by molar-refractivity contribution is 5.99. The number of amides is 1. The first-order valence-corrected chi connectivity index (χ1v) is 7.96. The lowest BCUT2D eigenvalue weighted by atomic mass is 9.82. The summed E-state index contributed by atoms with van der Waals surface area (Å²) in [4.78, 5) is 25.1. The van der Waals surface area contributed by atoms with Crippen molar-refractivity contribution in [3.63, 3.8) is 0 Å². The van der Waals surface area contributed by atoms with Gasteiger partial charge in [-0.15, -0.1) is 0 Å². The van der Waals surface area contributed by atoms with Crippen LogP contribution in [0.4, 0.5) is 4.39 Å². The van der Waals surface area contributed by atoms with E-state index < -0.39 is 23.2 Å². The van der Waals surface area contributed by atoms with E-state index in [1.54, 1.807) is 60.7 Å². The summed E-state index contributed by atoms with van der Waals surface area (Å²) in [6.45, 7) is 0. The lowest BCUT2D eigenvalue weighted by Gasteiger charge is -2.31. The summed E-state index contributed by atoms with van der Waals surface area (Å²) in [5, 5.41) is 12.7. The molecule has 0 heterocycles. The summed E-state index contributed by atoms with van der Waals surface area (Å²) in [7, 11) is 0. The second kappa shape index (κ2) is 7.19. The van der Waals surface area contributed by atoms with Gasteiger partial charge in [0.1, 0.15) is 5.82 Å². The molecular weight excluding hydrogens is 333 g/mol. The highest BCUT2D eigenvalue weighted by Gasteiger charge is 2.44. The fourth-order valence-corrected chi connectivity index (χ4v) is 2.86. The van der Waals surface area contributed by atoms with E-state index in [2.05, 4.69) is 5.32 Å². The molecule has 2 N–H and O–H groups in total. The maximum Gasteiger partial charge on any atom is 0.338 e. The van der Waals surface area contributed by atoms with Crippen molar-refractivity contribution >= 4 is 11.9 Å². The predicted octanol–water partition coefficient (Wildman–Crippen LogP) is 3.58. The van der Waals surface area contributed by atoms with E-state index in [1.165, 1.54) is 18.2 Å². The number of hydrogen-bond acceptors (Lipinski definition) is 2. The third-order valence-corrected chi connectivity index (χ3v) is 4.12. The average molecular weight is 349 g/mol. The Bertz CT molecular complexity index is 887. The second-order valence-electron chi connectivity index (χ2n) is 5.75. The van der Waals surface area contributed by atoms with Crippen LogP contribution in [-0.2, 0) is 10.3 Å². The standard InChI is InChI=1S/C21H16FNO3/c22-18-13-7-8-15(14-18)19(24)23-21(20(25)26,16-9-3-1-4-10-16)17-11-5-2-6-12-17/h1-14H,(H,23,24)(H,25,26). The van der Waals surface area contributed by atoms with Gasteiger partial charge in [-0.25, -0.2) is 9.18 Å². The van der Waals surface area contributed by atoms with Crippen LogP contribution in [0.2, 0.25) is 0 Å². The topological polar surface area (TPSA) is 66.4 Å². The molecule has 5 heteroatoms. The zero-order valence-corrected chi connectivity index (χ0v) is 13.7. The summed E-state index contributed by atoms with van der Waals surface area (Å²) < 4.78 is 13.5. The van der Waals surface area contributed by atoms with Crippen LogP contribution in [0.5, 0.6) is 0 Å². The van der Waals surface area contributed by atoms with Gasteiger partial charge in [0.25, 0.3) is 5.91 Å². The summed E-state index contributed by atoms with van der Waals surface area (Å²) >= 11 is 0. The minimum absolute atomic E-state index is 0.0440. The molecule has 3 aromatic rings. The zero-order valence-electron chi connectivity index (χ0n) is 13.7. The highest BCUT2D eigenvalue weighted by atomic mass is 19.1. The molecule has 4 nitrogen and oxygen atoms in total. The molecule has 3 rings (SSSR count). The Kier molecular flexibility index (Phi) is 4.80. The number of carbonyl (C=O) groups excluding carboxylic acids is 1. The number of carboxylic acid groups (broad SMARTS) is 1. The smallest absolute Gasteiger partial charge is 0.338 e. The number of nitrogens with one attached hydrogen (secondary N) is 1. The Morgan fingerprint density at radius 3 is 1.81 bits per heavy atom. The number of hydrogen-bond donors (Lipinski definition) is 2. The Hall–Kier alpha value is -3.47. The van der Waals surface area contributed by atoms with Gasteiger partial charge in [-0.3, -0.25) is 4.79 Å². The third-order valence-electron chi connectivity index (χ3n) is 4.12. The number of carbonyl (C=O) groups is 2. The van der Waals surface area contributed by atoms with Crippen molar-refractivity contribution in [2.75, 3.05) is 0 Å². The first-order chi connectivity index (χ1) is 12.5. The van der Waals surface area contributed by atoms with E-state index in [1.807, 2.05) is 0 Å². The van der Waals surface area contributed by atoms with Crippen molar-refractivity contribution in [2.24, 2.45) is 0 Å². The average Bonchev–Trinajstić information content (AvgIpc) is 2.67. The minimum atomic E-state index is -1.80. The third kappa shape index (κ3) is 3.19. The monoisotopic (exact) mass is 349 g/mol. The van der Waals surface area contributed by atoms with Gasteiger partial charge in [-0.1, -0.05) is 66.7 Å². The largest absolute Gasteiger partial charge is 0.479 e. The Labute approximate surface area is 149 Å². The fourth-order valence-electron chi connectivity index (χ4n) is 2.86. The Balaban J connectivity index is 2.14. The van der Waals surface area contributed by atoms with Crippen LogP contribution in [0.15, 0.2) is 84.9 Å². The molecule has 0 radical (unpaired) electrons. The number of aliphatic carboxylic acids is 1. The van der Waals surface area contributed by atoms with E-state index in [-0.39, 0.29) is 5.56 Å². The second-order valence-corrected chi connectivity index (χ2v) is 5.75. The lowest BCUT2D eigenvalue weighted by Crippen LogP contribution is -2.52. The van der Waals surface area contributed by atoms with Gasteiger partial charge in [0.2, 0.25) is 0 Å². The quantitative estimate of drug-likeness (QED) is 0.740. The summed E-state index contributed by atoms with van der Waals surface area (Å²) in [5.41, 5.74) is -0.972. The molecule has 1 amide bonds. The van der Waals surface area contributed by atoms with Gasteiger partial charge >= 0.3 is 5.97 Å². The SMILES string of the molecule is O=C(NC(C(=O)O)(c1ccccc1)c1ccccc1)c1cccc(F)c1. The van der Waals surface area contributed by atoms with Crippen LogP contribution < -0.4 is 5.32 Å². The molecule has 130 valence electrons. The van der Waals surface area contributed by atoms with Crippen LogP contribution in [0.1, 0.15) is 21.5 Å². The van der Waals surface area contributed by atoms with E-state index >= 15 is 0 Å². The van der Waals surface area contributed by atoms with Crippen molar-refractivity contribution < 1.29 is 19.1 Å². The van der Waals surface area contributed by atoms with Gasteiger partial charge in [-0.05, 0) is 29.3 Å². The van der Waals surface area contributed by atoms with E-state index in [4.69, 9.17) is 0 Å². The van der Waals surface area contributed by atoms with Gasteiger partial charge in [-0.2, -0.15) is 0 Å². The van der Waals surface area contributed by atoms with Gasteiger partial charge in [0, 0.05) is 5.56 Å². The molecule has 0 saturated heterocycles. The van der Waals surface area contributed by atoms with Crippen molar-refractivity contribution in [3.8, 4) is 0 Å². The maximum atomic E-state index is 13.5. The van der Waals surface area contributed by atoms with Gasteiger partial charge in [0.05, 0.1) is 0 Å². The molecule has 0 fully saturated rings. The summed E-state index contributed by atoms with van der Waals surface area (Å²) in [5.74, 6) is -2.49. The Morgan fingerprint density at radius 2 is 1.35 bits per heavy atom. The number of carboxylic acids is 1. The molecule has 3 aromatic carbocycles. The Morgan fingerprint density at radius 1 is 0.808 bits per heavy atom. The number of halogens is 1. The van der Waals surface area contributed by atoms with E-state index in [0.717, 1.165) is 6.07 Å². The molecule has 0 bridgehead atoms. The van der Waals surface area contributed by atoms with Crippen molar-refractivity contribution in [3.05, 3.63) is 107 Å². The first kappa shape index (κ1) is 17.4. The van der Waals surface area contributed by atoms with E-state index in [0.29, 0.717) is 11.1 Å². The van der Waals surface area contributed by atoms with Gasteiger partial charge < -0.3 is 10.4 Å². The molecule has 0 spiro atoms. The van der Waals surface area contributed by atoms with Crippen molar-refractivity contribution in [1.82, 2.24) is 5.32 Å². The first-order valence-electron chi connectivity index (χ1n) is 7.96. The van der Waals surface area contributed by atoms with Crippen molar-refractivity contribution in [1.29, 1.82) is 0 Å². The number of rotatable bonds is 5. The molecule has 0 atom stereocenters. The van der Waals surface area contributed by atoms with Crippen molar-refractivity contribution in [2.45, 2.75) is 5.54 Å². The summed E-state index contributed by atoms with van der Waals surface area (Å²) in [6.07, 6.45) is 0. The molecule has 0 aliphatic heterocycles. The molecule has 0 aliphatic carbocycles. The number of benzene rings is 3. The normalized spacial score (nSPS) is 11.0. The van der Waals surface area contributed by atoms with Crippen LogP contribution in [0.25, 0.3) is 0 Å². The van der Waals surface area contributed by atoms with Gasteiger partial charge in [0.15, 0.2) is 5.54 Å². The summed E-state index contributed by atoms with van der Waals surface area (Å²) in [6, 6.07) is 22.0. The zero-order chi connectivity index (χ0) is 18.6. The predicted molar refractivity (Wildman–Crippen MR) is 95.2 cm³/mol. The molecule has 0 saturated carbocycles. The minimum Gasteiger partial charge on any atom is -0.479 e. The molecule has 26 heavy (non-hydrogen) atoms. The highest BCUT2D eigenvalue weighted by Crippen LogP contribution is 2.30. The molecule has 0 aromatic heterocycles. The molecule has 0 unspecified atom stereocenters. The van der Waals surface area contributed by atoms with Crippen LogP contribution in [0.3, 0.4) is 0 Å². The molecule has 0 aliphatic rings. The van der Waals surface area contributed by atoms with E-state index in [9.17, 15) is 19.1 Å². The van der Waals surface area contributed by atoms with Crippen LogP contribution in [0, 0.1) is 5.82 Å². The molecular formula is C21H16FNO3.